The second-order valence-corrected chi connectivity index (χ2v) is 6.36. The minimum atomic E-state index is -0.137. The first-order valence-corrected chi connectivity index (χ1v) is 8.65. The van der Waals surface area contributed by atoms with Crippen LogP contribution in [0.2, 0.25) is 0 Å². The van der Waals surface area contributed by atoms with Gasteiger partial charge in [0.25, 0.3) is 5.56 Å². The SMILES string of the molecule is O=c1c2ccccc2nnn1CSc1ccc2c(c1)OCCCO2. The largest absolute Gasteiger partial charge is 0.490 e. The van der Waals surface area contributed by atoms with Gasteiger partial charge in [0.1, 0.15) is 5.52 Å². The average molecular weight is 341 g/mol. The van der Waals surface area contributed by atoms with Gasteiger partial charge < -0.3 is 9.47 Å². The quantitative estimate of drug-likeness (QED) is 0.683. The van der Waals surface area contributed by atoms with Gasteiger partial charge in [0.05, 0.1) is 24.5 Å². The number of ether oxygens (including phenoxy) is 2. The molecule has 0 spiro atoms. The van der Waals surface area contributed by atoms with Crippen molar-refractivity contribution in [3.63, 3.8) is 0 Å². The molecule has 0 amide bonds. The lowest BCUT2D eigenvalue weighted by atomic mass is 10.2. The van der Waals surface area contributed by atoms with Crippen molar-refractivity contribution in [3.8, 4) is 11.5 Å². The number of hydrogen-bond donors (Lipinski definition) is 0. The molecule has 0 radical (unpaired) electrons. The molecule has 1 aromatic heterocycles. The summed E-state index contributed by atoms with van der Waals surface area (Å²) < 4.78 is 12.7. The van der Waals surface area contributed by atoms with E-state index < -0.39 is 0 Å². The Labute approximate surface area is 142 Å². The predicted octanol–water partition coefficient (Wildman–Crippen LogP) is 2.70. The van der Waals surface area contributed by atoms with Gasteiger partial charge in [-0.25, -0.2) is 4.68 Å². The molecular weight excluding hydrogens is 326 g/mol. The van der Waals surface area contributed by atoms with Crippen molar-refractivity contribution in [2.75, 3.05) is 13.2 Å². The van der Waals surface area contributed by atoms with Crippen LogP contribution in [-0.4, -0.2) is 28.2 Å². The summed E-state index contributed by atoms with van der Waals surface area (Å²) in [6.07, 6.45) is 0.874. The molecule has 1 aliphatic heterocycles. The number of aromatic nitrogens is 3. The lowest BCUT2D eigenvalue weighted by molar-refractivity contribution is 0.297. The molecule has 2 heterocycles. The van der Waals surface area contributed by atoms with Crippen LogP contribution in [0.4, 0.5) is 0 Å². The van der Waals surface area contributed by atoms with E-state index in [4.69, 9.17) is 9.47 Å². The Morgan fingerprint density at radius 3 is 2.83 bits per heavy atom. The summed E-state index contributed by atoms with van der Waals surface area (Å²) in [5.74, 6) is 1.89. The summed E-state index contributed by atoms with van der Waals surface area (Å²) >= 11 is 1.50. The van der Waals surface area contributed by atoms with E-state index in [-0.39, 0.29) is 5.56 Å². The van der Waals surface area contributed by atoms with Gasteiger partial charge in [-0.15, -0.1) is 16.9 Å². The van der Waals surface area contributed by atoms with Crippen molar-refractivity contribution in [2.45, 2.75) is 17.2 Å². The Hall–Kier alpha value is -2.54. The summed E-state index contributed by atoms with van der Waals surface area (Å²) in [5.41, 5.74) is 0.474. The molecule has 3 aromatic rings. The summed E-state index contributed by atoms with van der Waals surface area (Å²) in [7, 11) is 0. The predicted molar refractivity (Wildman–Crippen MR) is 91.7 cm³/mol. The van der Waals surface area contributed by atoms with Crippen molar-refractivity contribution >= 4 is 22.7 Å². The maximum atomic E-state index is 12.4. The molecule has 0 unspecified atom stereocenters. The second-order valence-electron chi connectivity index (χ2n) is 5.34. The number of thioether (sulfide) groups is 1. The van der Waals surface area contributed by atoms with Crippen LogP contribution < -0.4 is 15.0 Å². The van der Waals surface area contributed by atoms with E-state index in [1.165, 1.54) is 16.4 Å². The molecule has 1 aliphatic rings. The number of benzene rings is 2. The summed E-state index contributed by atoms with van der Waals surface area (Å²) in [6.45, 7) is 1.32. The highest BCUT2D eigenvalue weighted by molar-refractivity contribution is 7.98. The molecule has 4 rings (SSSR count). The van der Waals surface area contributed by atoms with E-state index >= 15 is 0 Å². The zero-order valence-electron chi connectivity index (χ0n) is 12.8. The minimum absolute atomic E-state index is 0.137. The molecule has 0 bridgehead atoms. The highest BCUT2D eigenvalue weighted by atomic mass is 32.2. The van der Waals surface area contributed by atoms with Crippen LogP contribution in [0.3, 0.4) is 0 Å². The van der Waals surface area contributed by atoms with E-state index in [0.29, 0.717) is 30.0 Å². The van der Waals surface area contributed by atoms with E-state index in [9.17, 15) is 4.79 Å². The fourth-order valence-corrected chi connectivity index (χ4v) is 3.27. The lowest BCUT2D eigenvalue weighted by Gasteiger charge is -2.09. The first kappa shape index (κ1) is 15.0. The standard InChI is InChI=1S/C17H15N3O3S/c21-17-13-4-1-2-5-14(13)18-19-20(17)11-24-12-6-7-15-16(10-12)23-9-3-8-22-15/h1-2,4-7,10H,3,8-9,11H2. The van der Waals surface area contributed by atoms with Gasteiger partial charge in [-0.1, -0.05) is 17.3 Å². The van der Waals surface area contributed by atoms with E-state index in [1.54, 1.807) is 12.1 Å². The zero-order valence-corrected chi connectivity index (χ0v) is 13.7. The second kappa shape index (κ2) is 6.52. The Bertz CT molecular complexity index is 942. The minimum Gasteiger partial charge on any atom is -0.490 e. The number of fused-ring (bicyclic) bond motifs is 2. The molecule has 0 saturated heterocycles. The molecule has 0 N–H and O–H groups in total. The van der Waals surface area contributed by atoms with Crippen LogP contribution in [0.25, 0.3) is 10.9 Å². The van der Waals surface area contributed by atoms with Crippen LogP contribution in [0.1, 0.15) is 6.42 Å². The average Bonchev–Trinajstić information content (AvgIpc) is 2.86. The number of nitrogens with zero attached hydrogens (tertiary/aromatic N) is 3. The zero-order chi connectivity index (χ0) is 16.4. The Balaban J connectivity index is 1.56. The van der Waals surface area contributed by atoms with E-state index in [2.05, 4.69) is 10.3 Å². The van der Waals surface area contributed by atoms with Gasteiger partial charge >= 0.3 is 0 Å². The van der Waals surface area contributed by atoms with Crippen molar-refractivity contribution in [1.29, 1.82) is 0 Å². The van der Waals surface area contributed by atoms with Crippen molar-refractivity contribution in [2.24, 2.45) is 0 Å². The fraction of sp³-hybridized carbons (Fsp3) is 0.235. The molecule has 0 atom stereocenters. The van der Waals surface area contributed by atoms with E-state index in [1.807, 2.05) is 30.3 Å². The van der Waals surface area contributed by atoms with Gasteiger partial charge in [0.2, 0.25) is 0 Å². The molecule has 122 valence electrons. The number of hydrogen-bond acceptors (Lipinski definition) is 6. The smallest absolute Gasteiger partial charge is 0.278 e. The van der Waals surface area contributed by atoms with Gasteiger partial charge in [0, 0.05) is 11.3 Å². The first-order chi connectivity index (χ1) is 11.8. The van der Waals surface area contributed by atoms with Crippen LogP contribution in [0.15, 0.2) is 52.2 Å². The highest BCUT2D eigenvalue weighted by Crippen LogP contribution is 2.34. The van der Waals surface area contributed by atoms with Crippen molar-refractivity contribution in [3.05, 3.63) is 52.8 Å². The lowest BCUT2D eigenvalue weighted by Crippen LogP contribution is -2.23. The molecule has 0 aliphatic carbocycles. The molecule has 6 nitrogen and oxygen atoms in total. The number of rotatable bonds is 3. The topological polar surface area (TPSA) is 66.2 Å². The maximum Gasteiger partial charge on any atom is 0.278 e. The van der Waals surface area contributed by atoms with Gasteiger partial charge in [-0.2, -0.15) is 0 Å². The maximum absolute atomic E-state index is 12.4. The Morgan fingerprint density at radius 2 is 1.92 bits per heavy atom. The summed E-state index contributed by atoms with van der Waals surface area (Å²) in [5, 5.41) is 8.67. The summed E-state index contributed by atoms with van der Waals surface area (Å²) in [6, 6.07) is 13.0. The van der Waals surface area contributed by atoms with Crippen molar-refractivity contribution in [1.82, 2.24) is 15.0 Å². The van der Waals surface area contributed by atoms with Crippen LogP contribution >= 0.6 is 11.8 Å². The van der Waals surface area contributed by atoms with Crippen LogP contribution in [0, 0.1) is 0 Å². The molecule has 7 heteroatoms. The van der Waals surface area contributed by atoms with Gasteiger partial charge in [0.15, 0.2) is 11.5 Å². The van der Waals surface area contributed by atoms with Gasteiger partial charge in [-0.3, -0.25) is 4.79 Å². The Morgan fingerprint density at radius 1 is 1.08 bits per heavy atom. The molecular formula is C17H15N3O3S. The third kappa shape index (κ3) is 2.94. The first-order valence-electron chi connectivity index (χ1n) is 7.66. The third-order valence-corrected chi connectivity index (χ3v) is 4.66. The highest BCUT2D eigenvalue weighted by Gasteiger charge is 2.11. The molecule has 24 heavy (non-hydrogen) atoms. The fourth-order valence-electron chi connectivity index (χ4n) is 2.48. The van der Waals surface area contributed by atoms with Crippen LogP contribution in [-0.2, 0) is 5.88 Å². The molecule has 0 saturated carbocycles. The monoisotopic (exact) mass is 341 g/mol. The van der Waals surface area contributed by atoms with Crippen LogP contribution in [0.5, 0.6) is 11.5 Å². The molecule has 0 fully saturated rings. The summed E-state index contributed by atoms with van der Waals surface area (Å²) in [4.78, 5) is 13.4. The third-order valence-electron chi connectivity index (χ3n) is 3.70. The van der Waals surface area contributed by atoms with Gasteiger partial charge in [-0.05, 0) is 30.3 Å². The Kier molecular flexibility index (Phi) is 4.08. The normalized spacial score (nSPS) is 13.7. The molecule has 2 aromatic carbocycles. The van der Waals surface area contributed by atoms with E-state index in [0.717, 1.165) is 22.8 Å². The van der Waals surface area contributed by atoms with Crippen molar-refractivity contribution < 1.29 is 9.47 Å².